The predicted molar refractivity (Wildman–Crippen MR) is 67.5 cm³/mol. The van der Waals surface area contributed by atoms with Crippen molar-refractivity contribution in [3.8, 4) is 0 Å². The molecule has 4 heteroatoms. The summed E-state index contributed by atoms with van der Waals surface area (Å²) >= 11 is 0. The third kappa shape index (κ3) is 3.01. The summed E-state index contributed by atoms with van der Waals surface area (Å²) in [5.41, 5.74) is 0. The summed E-state index contributed by atoms with van der Waals surface area (Å²) in [5, 5.41) is -0.396. The lowest BCUT2D eigenvalue weighted by molar-refractivity contribution is 0.251. The van der Waals surface area contributed by atoms with E-state index in [1.807, 2.05) is 0 Å². The maximum Gasteiger partial charge on any atom is 0.156 e. The van der Waals surface area contributed by atoms with Crippen molar-refractivity contribution in [2.45, 2.75) is 75.0 Å². The SMILES string of the molecule is CC1CCC(S(=O)(=O)C2CCC(F)CC2)CC1. The van der Waals surface area contributed by atoms with Crippen molar-refractivity contribution in [3.63, 3.8) is 0 Å². The van der Waals surface area contributed by atoms with Crippen LogP contribution in [0.4, 0.5) is 4.39 Å². The smallest absolute Gasteiger partial charge is 0.156 e. The summed E-state index contributed by atoms with van der Waals surface area (Å²) in [7, 11) is -3.00. The molecule has 0 aromatic heterocycles. The fourth-order valence-corrected chi connectivity index (χ4v) is 5.58. The molecule has 0 radical (unpaired) electrons. The zero-order chi connectivity index (χ0) is 12.5. The normalized spacial score (nSPS) is 40.1. The minimum Gasteiger partial charge on any atom is -0.247 e. The molecule has 0 amide bonds. The van der Waals surface area contributed by atoms with Gasteiger partial charge in [-0.1, -0.05) is 6.92 Å². The van der Waals surface area contributed by atoms with Gasteiger partial charge >= 0.3 is 0 Å². The molecule has 0 N–H and O–H groups in total. The van der Waals surface area contributed by atoms with Gasteiger partial charge in [-0.15, -0.1) is 0 Å². The van der Waals surface area contributed by atoms with E-state index in [1.165, 1.54) is 0 Å². The van der Waals surface area contributed by atoms with Gasteiger partial charge in [0.2, 0.25) is 0 Å². The fourth-order valence-electron chi connectivity index (χ4n) is 3.18. The number of alkyl halides is 1. The van der Waals surface area contributed by atoms with E-state index in [0.29, 0.717) is 31.6 Å². The van der Waals surface area contributed by atoms with Crippen LogP contribution in [0.1, 0.15) is 58.3 Å². The number of sulfone groups is 1. The summed E-state index contributed by atoms with van der Waals surface area (Å²) in [5.74, 6) is 0.669. The minimum absolute atomic E-state index is 0.139. The average molecular weight is 262 g/mol. The van der Waals surface area contributed by atoms with Crippen LogP contribution in [0.15, 0.2) is 0 Å². The first kappa shape index (κ1) is 13.3. The molecule has 0 aromatic carbocycles. The van der Waals surface area contributed by atoms with Crippen LogP contribution < -0.4 is 0 Å². The van der Waals surface area contributed by atoms with Crippen molar-refractivity contribution < 1.29 is 12.8 Å². The second kappa shape index (κ2) is 5.25. The van der Waals surface area contributed by atoms with E-state index in [0.717, 1.165) is 25.7 Å². The standard InChI is InChI=1S/C13H23FO2S/c1-10-2-6-12(7-3-10)17(15,16)13-8-4-11(14)5-9-13/h10-13H,2-9H2,1H3. The molecule has 2 aliphatic carbocycles. The highest BCUT2D eigenvalue weighted by molar-refractivity contribution is 7.92. The maximum absolute atomic E-state index is 13.0. The predicted octanol–water partition coefficient (Wildman–Crippen LogP) is 3.26. The molecule has 0 saturated heterocycles. The Labute approximate surface area is 104 Å². The van der Waals surface area contributed by atoms with Gasteiger partial charge in [0.05, 0.1) is 10.5 Å². The maximum atomic E-state index is 13.0. The van der Waals surface area contributed by atoms with Crippen LogP contribution in [-0.4, -0.2) is 25.1 Å². The van der Waals surface area contributed by atoms with Crippen LogP contribution in [0.3, 0.4) is 0 Å². The monoisotopic (exact) mass is 262 g/mol. The zero-order valence-corrected chi connectivity index (χ0v) is 11.4. The lowest BCUT2D eigenvalue weighted by Crippen LogP contribution is -2.37. The molecule has 100 valence electrons. The van der Waals surface area contributed by atoms with E-state index >= 15 is 0 Å². The van der Waals surface area contributed by atoms with Crippen molar-refractivity contribution in [2.24, 2.45) is 5.92 Å². The second-order valence-corrected chi connectivity index (χ2v) is 8.36. The summed E-state index contributed by atoms with van der Waals surface area (Å²) < 4.78 is 37.9. The molecule has 0 heterocycles. The molecule has 0 atom stereocenters. The van der Waals surface area contributed by atoms with Gasteiger partial charge < -0.3 is 0 Å². The highest BCUT2D eigenvalue weighted by atomic mass is 32.2. The van der Waals surface area contributed by atoms with Gasteiger partial charge in [0.1, 0.15) is 6.17 Å². The summed E-state index contributed by atoms with van der Waals surface area (Å²) in [6.07, 6.45) is 4.88. The number of hydrogen-bond acceptors (Lipinski definition) is 2. The highest BCUT2D eigenvalue weighted by Crippen LogP contribution is 2.34. The zero-order valence-electron chi connectivity index (χ0n) is 10.6. The van der Waals surface area contributed by atoms with Gasteiger partial charge in [-0.25, -0.2) is 12.8 Å². The first-order valence-electron chi connectivity index (χ1n) is 6.87. The molecule has 0 bridgehead atoms. The molecule has 2 aliphatic rings. The third-order valence-electron chi connectivity index (χ3n) is 4.50. The molecular formula is C13H23FO2S. The third-order valence-corrected chi connectivity index (χ3v) is 7.30. The highest BCUT2D eigenvalue weighted by Gasteiger charge is 2.37. The summed E-state index contributed by atoms with van der Waals surface area (Å²) in [6.45, 7) is 2.19. The van der Waals surface area contributed by atoms with Crippen molar-refractivity contribution in [2.75, 3.05) is 0 Å². The van der Waals surface area contributed by atoms with Crippen molar-refractivity contribution in [1.82, 2.24) is 0 Å². The molecule has 2 fully saturated rings. The quantitative estimate of drug-likeness (QED) is 0.765. The minimum atomic E-state index is -3.00. The van der Waals surface area contributed by atoms with Gasteiger partial charge in [-0.3, -0.25) is 0 Å². The Kier molecular flexibility index (Phi) is 4.11. The van der Waals surface area contributed by atoms with E-state index in [1.54, 1.807) is 0 Å². The lowest BCUT2D eigenvalue weighted by atomic mass is 9.91. The average Bonchev–Trinajstić information content (AvgIpc) is 2.30. The Morgan fingerprint density at radius 2 is 1.24 bits per heavy atom. The molecule has 0 unspecified atom stereocenters. The number of rotatable bonds is 2. The van der Waals surface area contributed by atoms with Crippen LogP contribution in [0.25, 0.3) is 0 Å². The van der Waals surface area contributed by atoms with Crippen LogP contribution in [-0.2, 0) is 9.84 Å². The topological polar surface area (TPSA) is 34.1 Å². The van der Waals surface area contributed by atoms with Gasteiger partial charge in [0.25, 0.3) is 0 Å². The summed E-state index contributed by atoms with van der Waals surface area (Å²) in [6, 6.07) is 0. The molecule has 2 saturated carbocycles. The first-order valence-corrected chi connectivity index (χ1v) is 8.48. The molecule has 0 aromatic rings. The van der Waals surface area contributed by atoms with E-state index in [9.17, 15) is 12.8 Å². The van der Waals surface area contributed by atoms with E-state index in [-0.39, 0.29) is 10.5 Å². The van der Waals surface area contributed by atoms with Gasteiger partial charge in [-0.2, -0.15) is 0 Å². The van der Waals surface area contributed by atoms with Crippen LogP contribution >= 0.6 is 0 Å². The second-order valence-electron chi connectivity index (χ2n) is 5.84. The van der Waals surface area contributed by atoms with Crippen LogP contribution in [0, 0.1) is 5.92 Å². The van der Waals surface area contributed by atoms with Gasteiger partial charge in [0, 0.05) is 0 Å². The van der Waals surface area contributed by atoms with E-state index in [2.05, 4.69) is 6.92 Å². The fraction of sp³-hybridized carbons (Fsp3) is 1.00. The Balaban J connectivity index is 1.98. The van der Waals surface area contributed by atoms with Crippen molar-refractivity contribution in [3.05, 3.63) is 0 Å². The summed E-state index contributed by atoms with van der Waals surface area (Å²) in [4.78, 5) is 0. The number of hydrogen-bond donors (Lipinski definition) is 0. The van der Waals surface area contributed by atoms with Crippen molar-refractivity contribution in [1.29, 1.82) is 0 Å². The van der Waals surface area contributed by atoms with E-state index in [4.69, 9.17) is 0 Å². The van der Waals surface area contributed by atoms with Gasteiger partial charge in [-0.05, 0) is 57.3 Å². The molecule has 0 aliphatic heterocycles. The van der Waals surface area contributed by atoms with Crippen LogP contribution in [0.5, 0.6) is 0 Å². The molecule has 2 rings (SSSR count). The Morgan fingerprint density at radius 1 is 0.824 bits per heavy atom. The Morgan fingerprint density at radius 3 is 1.71 bits per heavy atom. The van der Waals surface area contributed by atoms with Gasteiger partial charge in [0.15, 0.2) is 9.84 Å². The first-order chi connectivity index (χ1) is 8.00. The van der Waals surface area contributed by atoms with Crippen LogP contribution in [0.2, 0.25) is 0 Å². The van der Waals surface area contributed by atoms with Crippen molar-refractivity contribution >= 4 is 9.84 Å². The largest absolute Gasteiger partial charge is 0.247 e. The molecule has 2 nitrogen and oxygen atoms in total. The molecule has 17 heavy (non-hydrogen) atoms. The molecular weight excluding hydrogens is 239 g/mol. The Hall–Kier alpha value is -0.120. The molecule has 0 spiro atoms. The lowest BCUT2D eigenvalue weighted by Gasteiger charge is -2.31. The van der Waals surface area contributed by atoms with E-state index < -0.39 is 16.0 Å². The number of halogens is 1. The Bertz CT molecular complexity index is 308.